The molecule has 0 bridgehead atoms. The number of carbonyl (C=O) groups excluding carboxylic acids is 1. The van der Waals surface area contributed by atoms with E-state index in [-0.39, 0.29) is 5.91 Å². The average Bonchev–Trinajstić information content (AvgIpc) is 2.87. The van der Waals surface area contributed by atoms with Crippen molar-refractivity contribution in [3.05, 3.63) is 5.01 Å². The van der Waals surface area contributed by atoms with Gasteiger partial charge in [0.25, 0.3) is 0 Å². The number of hydrogen-bond donors (Lipinski definition) is 2. The molecule has 6 nitrogen and oxygen atoms in total. The normalized spacial score (nSPS) is 16.5. The van der Waals surface area contributed by atoms with Crippen LogP contribution in [0.4, 0.5) is 5.13 Å². The van der Waals surface area contributed by atoms with E-state index in [0.717, 1.165) is 37.4 Å². The number of nitrogens with one attached hydrogen (secondary N) is 2. The first kappa shape index (κ1) is 14.4. The Balaban J connectivity index is 1.63. The fourth-order valence-electron chi connectivity index (χ4n) is 1.91. The van der Waals surface area contributed by atoms with Gasteiger partial charge in [0.2, 0.25) is 11.0 Å². The average molecular weight is 284 g/mol. The number of piperidine rings is 1. The predicted octanol–water partition coefficient (Wildman–Crippen LogP) is 1.20. The molecule has 7 heteroatoms. The van der Waals surface area contributed by atoms with Gasteiger partial charge in [-0.15, -0.1) is 10.2 Å². The lowest BCUT2D eigenvalue weighted by molar-refractivity contribution is -0.117. The molecule has 1 fully saturated rings. The van der Waals surface area contributed by atoms with Crippen LogP contribution >= 0.6 is 11.3 Å². The molecule has 0 saturated carbocycles. The summed E-state index contributed by atoms with van der Waals surface area (Å²) < 4.78 is 5.68. The Labute approximate surface area is 116 Å². The number of carbonyl (C=O) groups is 1. The van der Waals surface area contributed by atoms with Crippen LogP contribution in [-0.2, 0) is 16.0 Å². The van der Waals surface area contributed by atoms with Gasteiger partial charge in [-0.2, -0.15) is 0 Å². The smallest absolute Gasteiger partial charge is 0.228 e. The van der Waals surface area contributed by atoms with Gasteiger partial charge in [-0.25, -0.2) is 0 Å². The van der Waals surface area contributed by atoms with Crippen LogP contribution in [0.1, 0.15) is 31.2 Å². The number of rotatable bonds is 6. The van der Waals surface area contributed by atoms with Crippen molar-refractivity contribution >= 4 is 22.4 Å². The van der Waals surface area contributed by atoms with Crippen molar-refractivity contribution < 1.29 is 9.53 Å². The molecular weight excluding hydrogens is 264 g/mol. The highest BCUT2D eigenvalue weighted by molar-refractivity contribution is 7.15. The van der Waals surface area contributed by atoms with Crippen LogP contribution in [0.25, 0.3) is 0 Å². The number of amides is 1. The third-order valence-corrected chi connectivity index (χ3v) is 3.97. The third-order valence-electron chi connectivity index (χ3n) is 2.98. The van der Waals surface area contributed by atoms with Crippen LogP contribution in [0.15, 0.2) is 0 Å². The van der Waals surface area contributed by atoms with Gasteiger partial charge in [-0.3, -0.25) is 4.79 Å². The van der Waals surface area contributed by atoms with Crippen LogP contribution in [0.5, 0.6) is 0 Å². The molecule has 19 heavy (non-hydrogen) atoms. The minimum atomic E-state index is -0.0623. The third kappa shape index (κ3) is 4.85. The Hall–Kier alpha value is -1.05. The SMILES string of the molecule is CCc1nnc(NC(=O)CCOC2CCNCC2)s1. The molecule has 0 aromatic carbocycles. The Morgan fingerprint density at radius 3 is 2.95 bits per heavy atom. The van der Waals surface area contributed by atoms with E-state index < -0.39 is 0 Å². The Kier molecular flexibility index (Phi) is 5.68. The maximum absolute atomic E-state index is 11.7. The van der Waals surface area contributed by atoms with Crippen molar-refractivity contribution in [2.75, 3.05) is 25.0 Å². The van der Waals surface area contributed by atoms with Crippen LogP contribution in [-0.4, -0.2) is 41.9 Å². The summed E-state index contributed by atoms with van der Waals surface area (Å²) >= 11 is 1.42. The molecule has 1 saturated heterocycles. The number of hydrogen-bond acceptors (Lipinski definition) is 6. The molecule has 0 aliphatic carbocycles. The summed E-state index contributed by atoms with van der Waals surface area (Å²) in [6, 6.07) is 0. The quantitative estimate of drug-likeness (QED) is 0.821. The molecule has 1 aliphatic heterocycles. The maximum Gasteiger partial charge on any atom is 0.228 e. The second kappa shape index (κ2) is 7.52. The van der Waals surface area contributed by atoms with Crippen molar-refractivity contribution in [1.29, 1.82) is 0 Å². The number of aromatic nitrogens is 2. The first-order valence-corrected chi connectivity index (χ1v) is 7.54. The van der Waals surface area contributed by atoms with E-state index in [0.29, 0.717) is 24.3 Å². The van der Waals surface area contributed by atoms with Crippen molar-refractivity contribution in [1.82, 2.24) is 15.5 Å². The standard InChI is InChI=1S/C12H20N4O2S/c1-2-11-15-16-12(19-11)14-10(17)5-8-18-9-3-6-13-7-4-9/h9,13H,2-8H2,1H3,(H,14,16,17). The van der Waals surface area contributed by atoms with E-state index in [1.165, 1.54) is 11.3 Å². The molecule has 1 aliphatic rings. The van der Waals surface area contributed by atoms with Gasteiger partial charge in [0, 0.05) is 0 Å². The first-order valence-electron chi connectivity index (χ1n) is 6.72. The highest BCUT2D eigenvalue weighted by Crippen LogP contribution is 2.15. The van der Waals surface area contributed by atoms with Crippen LogP contribution < -0.4 is 10.6 Å². The molecule has 2 rings (SSSR count). The van der Waals surface area contributed by atoms with E-state index in [1.807, 2.05) is 6.92 Å². The summed E-state index contributed by atoms with van der Waals surface area (Å²) in [7, 11) is 0. The molecule has 0 unspecified atom stereocenters. The maximum atomic E-state index is 11.7. The fourth-order valence-corrected chi connectivity index (χ4v) is 2.60. The molecular formula is C12H20N4O2S. The van der Waals surface area contributed by atoms with Crippen molar-refractivity contribution in [2.24, 2.45) is 0 Å². The van der Waals surface area contributed by atoms with E-state index in [4.69, 9.17) is 4.74 Å². The Morgan fingerprint density at radius 2 is 2.26 bits per heavy atom. The van der Waals surface area contributed by atoms with Crippen LogP contribution in [0.3, 0.4) is 0 Å². The largest absolute Gasteiger partial charge is 0.378 e. The summed E-state index contributed by atoms with van der Waals surface area (Å²) in [5.74, 6) is -0.0623. The summed E-state index contributed by atoms with van der Waals surface area (Å²) in [4.78, 5) is 11.7. The molecule has 1 amide bonds. The molecule has 1 aromatic heterocycles. The van der Waals surface area contributed by atoms with Crippen molar-refractivity contribution in [3.8, 4) is 0 Å². The lowest BCUT2D eigenvalue weighted by atomic mass is 10.1. The molecule has 2 heterocycles. The zero-order chi connectivity index (χ0) is 13.5. The highest BCUT2D eigenvalue weighted by atomic mass is 32.1. The number of anilines is 1. The summed E-state index contributed by atoms with van der Waals surface area (Å²) in [6.45, 7) is 4.48. The van der Waals surface area contributed by atoms with E-state index in [9.17, 15) is 4.79 Å². The van der Waals surface area contributed by atoms with Crippen LogP contribution in [0.2, 0.25) is 0 Å². The second-order valence-electron chi connectivity index (χ2n) is 4.47. The topological polar surface area (TPSA) is 76.1 Å². The molecule has 1 aromatic rings. The summed E-state index contributed by atoms with van der Waals surface area (Å²) in [5, 5.41) is 15.4. The highest BCUT2D eigenvalue weighted by Gasteiger charge is 2.14. The number of nitrogens with zero attached hydrogens (tertiary/aromatic N) is 2. The Morgan fingerprint density at radius 1 is 1.47 bits per heavy atom. The van der Waals surface area contributed by atoms with Gasteiger partial charge in [0.05, 0.1) is 19.1 Å². The Bertz CT molecular complexity index is 404. The van der Waals surface area contributed by atoms with Gasteiger partial charge in [-0.05, 0) is 32.4 Å². The zero-order valence-electron chi connectivity index (χ0n) is 11.1. The van der Waals surface area contributed by atoms with E-state index >= 15 is 0 Å². The second-order valence-corrected chi connectivity index (χ2v) is 5.53. The van der Waals surface area contributed by atoms with Crippen molar-refractivity contribution in [3.63, 3.8) is 0 Å². The summed E-state index contributed by atoms with van der Waals surface area (Å²) in [6.07, 6.45) is 3.55. The predicted molar refractivity (Wildman–Crippen MR) is 74.4 cm³/mol. The molecule has 0 radical (unpaired) electrons. The lowest BCUT2D eigenvalue weighted by Gasteiger charge is -2.22. The fraction of sp³-hybridized carbons (Fsp3) is 0.750. The lowest BCUT2D eigenvalue weighted by Crippen LogP contribution is -2.33. The zero-order valence-corrected chi connectivity index (χ0v) is 12.0. The van der Waals surface area contributed by atoms with Gasteiger partial charge in [0.1, 0.15) is 5.01 Å². The van der Waals surface area contributed by atoms with E-state index in [1.54, 1.807) is 0 Å². The van der Waals surface area contributed by atoms with E-state index in [2.05, 4.69) is 20.8 Å². The van der Waals surface area contributed by atoms with Gasteiger partial charge < -0.3 is 15.4 Å². The molecule has 2 N–H and O–H groups in total. The van der Waals surface area contributed by atoms with Crippen LogP contribution in [0, 0.1) is 0 Å². The monoisotopic (exact) mass is 284 g/mol. The summed E-state index contributed by atoms with van der Waals surface area (Å²) in [5.41, 5.74) is 0. The van der Waals surface area contributed by atoms with Gasteiger partial charge >= 0.3 is 0 Å². The number of ether oxygens (including phenoxy) is 1. The molecule has 0 atom stereocenters. The first-order chi connectivity index (χ1) is 9.28. The van der Waals surface area contributed by atoms with Gasteiger partial charge in [-0.1, -0.05) is 18.3 Å². The minimum Gasteiger partial charge on any atom is -0.378 e. The minimum absolute atomic E-state index is 0.0623. The number of aryl methyl sites for hydroxylation is 1. The van der Waals surface area contributed by atoms with Gasteiger partial charge in [0.15, 0.2) is 0 Å². The molecule has 106 valence electrons. The van der Waals surface area contributed by atoms with Crippen molar-refractivity contribution in [2.45, 2.75) is 38.7 Å². The molecule has 0 spiro atoms.